The van der Waals surface area contributed by atoms with Crippen LogP contribution in [0.2, 0.25) is 5.02 Å². The Hall–Kier alpha value is -3.22. The summed E-state index contributed by atoms with van der Waals surface area (Å²) in [6, 6.07) is 20.1. The second kappa shape index (κ2) is 11.7. The predicted octanol–water partition coefficient (Wildman–Crippen LogP) is 8.40. The molecule has 5 rings (SSSR count). The van der Waals surface area contributed by atoms with E-state index in [2.05, 4.69) is 12.2 Å². The van der Waals surface area contributed by atoms with Crippen molar-refractivity contribution in [3.05, 3.63) is 88.0 Å². The lowest BCUT2D eigenvalue weighted by Gasteiger charge is -2.32. The number of thiophene rings is 1. The second-order valence-electron chi connectivity index (χ2n) is 10.2. The van der Waals surface area contributed by atoms with Crippen molar-refractivity contribution in [2.45, 2.75) is 39.2 Å². The number of nitrogens with zero attached hydrogens (tertiary/aromatic N) is 1. The van der Waals surface area contributed by atoms with Gasteiger partial charge < -0.3 is 10.2 Å². The first-order chi connectivity index (χ1) is 18.4. The summed E-state index contributed by atoms with van der Waals surface area (Å²) in [5, 5.41) is 3.96. The summed E-state index contributed by atoms with van der Waals surface area (Å²) in [4.78, 5) is 26.9. The molecule has 0 atom stereocenters. The van der Waals surface area contributed by atoms with Crippen LogP contribution in [0.15, 0.2) is 66.7 Å². The summed E-state index contributed by atoms with van der Waals surface area (Å²) in [6.45, 7) is 3.02. The number of amides is 2. The molecule has 0 bridgehead atoms. The summed E-state index contributed by atoms with van der Waals surface area (Å²) >= 11 is 8.09. The van der Waals surface area contributed by atoms with E-state index in [4.69, 9.17) is 11.6 Å². The normalized spacial score (nSPS) is 17.3. The highest BCUT2D eigenvalue weighted by Crippen LogP contribution is 2.37. The minimum absolute atomic E-state index is 0.149. The van der Waals surface area contributed by atoms with Crippen molar-refractivity contribution in [1.82, 2.24) is 4.90 Å². The third-order valence-corrected chi connectivity index (χ3v) is 9.14. The van der Waals surface area contributed by atoms with Gasteiger partial charge in [0.25, 0.3) is 5.91 Å². The molecule has 1 aromatic heterocycles. The van der Waals surface area contributed by atoms with Gasteiger partial charge in [-0.1, -0.05) is 67.8 Å². The van der Waals surface area contributed by atoms with Crippen LogP contribution in [0.4, 0.5) is 10.1 Å². The minimum atomic E-state index is -0.342. The highest BCUT2D eigenvalue weighted by atomic mass is 35.5. The second-order valence-corrected chi connectivity index (χ2v) is 11.6. The van der Waals surface area contributed by atoms with Crippen LogP contribution >= 0.6 is 22.9 Å². The van der Waals surface area contributed by atoms with E-state index in [0.29, 0.717) is 45.9 Å². The maximum absolute atomic E-state index is 15.1. The zero-order valence-electron chi connectivity index (χ0n) is 21.3. The molecule has 0 aliphatic heterocycles. The largest absolute Gasteiger partial charge is 0.333 e. The monoisotopic (exact) mass is 548 g/mol. The number of fused-ring (bicyclic) bond motifs is 1. The van der Waals surface area contributed by atoms with E-state index in [9.17, 15) is 9.59 Å². The van der Waals surface area contributed by atoms with Crippen LogP contribution in [0, 0.1) is 17.7 Å². The first kappa shape index (κ1) is 26.4. The lowest BCUT2D eigenvalue weighted by molar-refractivity contribution is -0.105. The number of hydrogen-bond acceptors (Lipinski definition) is 3. The van der Waals surface area contributed by atoms with Crippen LogP contribution < -0.4 is 5.32 Å². The third-order valence-electron chi connectivity index (χ3n) is 7.48. The molecular weight excluding hydrogens is 519 g/mol. The maximum Gasteiger partial charge on any atom is 0.265 e. The van der Waals surface area contributed by atoms with Gasteiger partial charge in [0.2, 0.25) is 6.41 Å². The molecule has 1 heterocycles. The molecule has 0 radical (unpaired) electrons. The van der Waals surface area contributed by atoms with Crippen molar-refractivity contribution >= 4 is 51.0 Å². The van der Waals surface area contributed by atoms with Crippen LogP contribution in [-0.2, 0) is 11.3 Å². The fourth-order valence-corrected chi connectivity index (χ4v) is 6.73. The van der Waals surface area contributed by atoms with E-state index in [0.717, 1.165) is 46.9 Å². The van der Waals surface area contributed by atoms with Gasteiger partial charge in [-0.2, -0.15) is 0 Å². The van der Waals surface area contributed by atoms with Crippen LogP contribution in [-0.4, -0.2) is 23.8 Å². The van der Waals surface area contributed by atoms with Crippen molar-refractivity contribution in [2.24, 2.45) is 11.8 Å². The van der Waals surface area contributed by atoms with Crippen molar-refractivity contribution in [3.63, 3.8) is 0 Å². The van der Waals surface area contributed by atoms with Gasteiger partial charge in [-0.15, -0.1) is 11.3 Å². The van der Waals surface area contributed by atoms with Crippen LogP contribution in [0.25, 0.3) is 21.2 Å². The van der Waals surface area contributed by atoms with E-state index in [1.54, 1.807) is 23.1 Å². The van der Waals surface area contributed by atoms with Gasteiger partial charge in [-0.25, -0.2) is 4.39 Å². The van der Waals surface area contributed by atoms with Crippen LogP contribution in [0.1, 0.15) is 47.8 Å². The molecule has 3 aromatic carbocycles. The van der Waals surface area contributed by atoms with E-state index < -0.39 is 0 Å². The Bertz CT molecular complexity index is 1440. The maximum atomic E-state index is 15.1. The fourth-order valence-electron chi connectivity index (χ4n) is 5.25. The number of hydrogen-bond donors (Lipinski definition) is 1. The fraction of sp³-hybridized carbons (Fsp3) is 0.290. The molecule has 7 heteroatoms. The SMILES string of the molecule is CC1CCC(CN(Cc2cc(-c3ccc(NC=O)cc3)ccc2F)C(=O)c2sc3ccccc3c2Cl)CC1. The Morgan fingerprint density at radius 2 is 1.76 bits per heavy atom. The predicted molar refractivity (Wildman–Crippen MR) is 154 cm³/mol. The molecule has 4 nitrogen and oxygen atoms in total. The number of rotatable bonds is 8. The molecule has 1 saturated carbocycles. The van der Waals surface area contributed by atoms with Gasteiger partial charge in [-0.3, -0.25) is 9.59 Å². The molecule has 0 spiro atoms. The van der Waals surface area contributed by atoms with Crippen molar-refractivity contribution in [2.75, 3.05) is 11.9 Å². The number of carbonyl (C=O) groups excluding carboxylic acids is 2. The highest BCUT2D eigenvalue weighted by molar-refractivity contribution is 7.21. The van der Waals surface area contributed by atoms with Crippen molar-refractivity contribution in [1.29, 1.82) is 0 Å². The molecule has 1 aliphatic rings. The Morgan fingerprint density at radius 1 is 1.05 bits per heavy atom. The van der Waals surface area contributed by atoms with Gasteiger partial charge in [0.1, 0.15) is 10.7 Å². The molecule has 4 aromatic rings. The van der Waals surface area contributed by atoms with E-state index in [1.807, 2.05) is 42.5 Å². The summed E-state index contributed by atoms with van der Waals surface area (Å²) in [5.74, 6) is 0.594. The zero-order valence-corrected chi connectivity index (χ0v) is 22.8. The lowest BCUT2D eigenvalue weighted by atomic mass is 9.82. The van der Waals surface area contributed by atoms with Gasteiger partial charge in [0.15, 0.2) is 0 Å². The quantitative estimate of drug-likeness (QED) is 0.225. The van der Waals surface area contributed by atoms with E-state index >= 15 is 4.39 Å². The Labute approximate surface area is 231 Å². The molecule has 0 unspecified atom stereocenters. The Kier molecular flexibility index (Phi) is 8.10. The third kappa shape index (κ3) is 5.77. The van der Waals surface area contributed by atoms with E-state index in [-0.39, 0.29) is 18.3 Å². The molecule has 1 N–H and O–H groups in total. The summed E-state index contributed by atoms with van der Waals surface area (Å²) in [5.41, 5.74) is 2.89. The van der Waals surface area contributed by atoms with Gasteiger partial charge >= 0.3 is 0 Å². The average Bonchev–Trinajstić information content (AvgIpc) is 3.27. The average molecular weight is 549 g/mol. The number of nitrogens with one attached hydrogen (secondary N) is 1. The highest BCUT2D eigenvalue weighted by Gasteiger charge is 2.28. The standard InChI is InChI=1S/C31H30ClFN2O2S/c1-20-6-8-21(9-7-20)17-35(31(37)30-29(32)26-4-2-3-5-28(26)38-30)18-24-16-23(12-15-27(24)33)22-10-13-25(14-11-22)34-19-36/h2-5,10-16,19-21H,6-9,17-18H2,1H3,(H,34,36). The molecule has 1 fully saturated rings. The van der Waals surface area contributed by atoms with Crippen LogP contribution in [0.5, 0.6) is 0 Å². The van der Waals surface area contributed by atoms with Crippen molar-refractivity contribution in [3.8, 4) is 11.1 Å². The molecule has 1 aliphatic carbocycles. The smallest absolute Gasteiger partial charge is 0.265 e. The number of carbonyl (C=O) groups is 2. The number of benzene rings is 3. The number of halogens is 2. The minimum Gasteiger partial charge on any atom is -0.333 e. The Morgan fingerprint density at radius 3 is 2.47 bits per heavy atom. The molecule has 38 heavy (non-hydrogen) atoms. The lowest BCUT2D eigenvalue weighted by Crippen LogP contribution is -2.36. The Balaban J connectivity index is 1.45. The summed E-state index contributed by atoms with van der Waals surface area (Å²) in [7, 11) is 0. The topological polar surface area (TPSA) is 49.4 Å². The van der Waals surface area contributed by atoms with Crippen molar-refractivity contribution < 1.29 is 14.0 Å². The molecular formula is C31H30ClFN2O2S. The summed E-state index contributed by atoms with van der Waals surface area (Å²) in [6.07, 6.45) is 5.06. The number of anilines is 1. The van der Waals surface area contributed by atoms with Gasteiger partial charge in [-0.05, 0) is 66.1 Å². The molecule has 2 amide bonds. The van der Waals surface area contributed by atoms with Gasteiger partial charge in [0, 0.05) is 34.4 Å². The molecule has 0 saturated heterocycles. The van der Waals surface area contributed by atoms with Gasteiger partial charge in [0.05, 0.1) is 5.02 Å². The molecule has 196 valence electrons. The first-order valence-electron chi connectivity index (χ1n) is 13.0. The van der Waals surface area contributed by atoms with E-state index in [1.165, 1.54) is 17.4 Å². The summed E-state index contributed by atoms with van der Waals surface area (Å²) < 4.78 is 16.1. The van der Waals surface area contributed by atoms with Crippen LogP contribution in [0.3, 0.4) is 0 Å². The first-order valence-corrected chi connectivity index (χ1v) is 14.2. The zero-order chi connectivity index (χ0) is 26.6.